The number of carbonyl (C=O) groups excluding carboxylic acids is 1. The monoisotopic (exact) mass is 323 g/mol. The van der Waals surface area contributed by atoms with Crippen molar-refractivity contribution in [3.05, 3.63) is 54.1 Å². The molecule has 0 fully saturated rings. The fraction of sp³-hybridized carbons (Fsp3) is 0.350. The summed E-state index contributed by atoms with van der Waals surface area (Å²) in [5.74, 6) is 0.0109. The van der Waals surface area contributed by atoms with Gasteiger partial charge in [-0.25, -0.2) is 0 Å². The van der Waals surface area contributed by atoms with Crippen LogP contribution in [0.25, 0.3) is 0 Å². The van der Waals surface area contributed by atoms with Gasteiger partial charge in [-0.05, 0) is 51.5 Å². The minimum atomic E-state index is -0.257. The maximum atomic E-state index is 12.8. The van der Waals surface area contributed by atoms with Gasteiger partial charge in [-0.1, -0.05) is 30.3 Å². The summed E-state index contributed by atoms with van der Waals surface area (Å²) in [6.45, 7) is 9.05. The van der Waals surface area contributed by atoms with Crippen LogP contribution in [0.3, 0.4) is 0 Å². The summed E-state index contributed by atoms with van der Waals surface area (Å²) in [6.07, 6.45) is 0. The van der Waals surface area contributed by atoms with Crippen LogP contribution >= 0.6 is 0 Å². The van der Waals surface area contributed by atoms with Crippen molar-refractivity contribution in [1.29, 1.82) is 0 Å². The second kappa shape index (κ2) is 6.19. The van der Waals surface area contributed by atoms with Crippen molar-refractivity contribution in [1.82, 2.24) is 0 Å². The highest BCUT2D eigenvalue weighted by molar-refractivity contribution is 5.98. The number of hydrogen-bond donors (Lipinski definition) is 2. The summed E-state index contributed by atoms with van der Waals surface area (Å²) in [5.41, 5.74) is 4.00. The Morgan fingerprint density at radius 1 is 1.17 bits per heavy atom. The highest BCUT2D eigenvalue weighted by Gasteiger charge is 2.34. The topological polar surface area (TPSA) is 44.4 Å². The lowest BCUT2D eigenvalue weighted by Gasteiger charge is -2.44. The molecule has 4 heteroatoms. The first-order valence-electron chi connectivity index (χ1n) is 8.38. The van der Waals surface area contributed by atoms with Crippen LogP contribution in [0.1, 0.15) is 26.3 Å². The molecule has 1 atom stereocenters. The van der Waals surface area contributed by atoms with Gasteiger partial charge in [0.1, 0.15) is 6.04 Å². The number of rotatable bonds is 3. The fourth-order valence-corrected chi connectivity index (χ4v) is 3.18. The average Bonchev–Trinajstić information content (AvgIpc) is 2.54. The summed E-state index contributed by atoms with van der Waals surface area (Å²) in [7, 11) is 0. The SMILES string of the molecule is Cc1ccccc1NC(=O)C(C)N1CC(C)(C)Nc2ccccc21. The number of aryl methyl sites for hydroxylation is 1. The van der Waals surface area contributed by atoms with Crippen molar-refractivity contribution in [2.24, 2.45) is 0 Å². The summed E-state index contributed by atoms with van der Waals surface area (Å²) in [4.78, 5) is 15.0. The Balaban J connectivity index is 1.85. The van der Waals surface area contributed by atoms with E-state index < -0.39 is 0 Å². The van der Waals surface area contributed by atoms with Crippen LogP contribution < -0.4 is 15.5 Å². The Labute approximate surface area is 143 Å². The lowest BCUT2D eigenvalue weighted by molar-refractivity contribution is -0.117. The van der Waals surface area contributed by atoms with Crippen LogP contribution in [0, 0.1) is 6.92 Å². The van der Waals surface area contributed by atoms with Crippen molar-refractivity contribution in [2.75, 3.05) is 22.1 Å². The number of benzene rings is 2. The lowest BCUT2D eigenvalue weighted by Crippen LogP contribution is -2.54. The van der Waals surface area contributed by atoms with Gasteiger partial charge in [-0.15, -0.1) is 0 Å². The minimum absolute atomic E-state index is 0.0109. The Kier molecular flexibility index (Phi) is 4.22. The van der Waals surface area contributed by atoms with Crippen LogP contribution in [0.4, 0.5) is 17.1 Å². The second-order valence-electron chi connectivity index (χ2n) is 7.13. The van der Waals surface area contributed by atoms with E-state index in [1.54, 1.807) is 0 Å². The van der Waals surface area contributed by atoms with Crippen LogP contribution in [-0.4, -0.2) is 24.0 Å². The number of nitrogens with zero attached hydrogens (tertiary/aromatic N) is 1. The fourth-order valence-electron chi connectivity index (χ4n) is 3.18. The quantitative estimate of drug-likeness (QED) is 0.896. The first-order chi connectivity index (χ1) is 11.4. The van der Waals surface area contributed by atoms with Gasteiger partial charge < -0.3 is 15.5 Å². The molecule has 3 rings (SSSR count). The number of para-hydroxylation sites is 3. The molecule has 1 aliphatic heterocycles. The summed E-state index contributed by atoms with van der Waals surface area (Å²) < 4.78 is 0. The Morgan fingerprint density at radius 2 is 1.83 bits per heavy atom. The van der Waals surface area contributed by atoms with E-state index in [1.807, 2.05) is 50.2 Å². The van der Waals surface area contributed by atoms with Crippen molar-refractivity contribution >= 4 is 23.0 Å². The van der Waals surface area contributed by atoms with E-state index in [1.165, 1.54) is 0 Å². The molecule has 0 bridgehead atoms. The van der Waals surface area contributed by atoms with Gasteiger partial charge >= 0.3 is 0 Å². The zero-order valence-corrected chi connectivity index (χ0v) is 14.8. The Bertz CT molecular complexity index is 754. The molecule has 1 unspecified atom stereocenters. The molecule has 1 aliphatic rings. The van der Waals surface area contributed by atoms with Crippen molar-refractivity contribution in [3.8, 4) is 0 Å². The molecule has 0 radical (unpaired) electrons. The number of carbonyl (C=O) groups is 1. The molecular weight excluding hydrogens is 298 g/mol. The number of hydrogen-bond acceptors (Lipinski definition) is 3. The van der Waals surface area contributed by atoms with E-state index in [0.29, 0.717) is 0 Å². The van der Waals surface area contributed by atoms with Crippen LogP contribution in [-0.2, 0) is 4.79 Å². The van der Waals surface area contributed by atoms with Gasteiger partial charge in [0.05, 0.1) is 11.4 Å². The van der Waals surface area contributed by atoms with Crippen LogP contribution in [0.15, 0.2) is 48.5 Å². The molecule has 0 aromatic heterocycles. The van der Waals surface area contributed by atoms with Crippen LogP contribution in [0.5, 0.6) is 0 Å². The molecule has 0 saturated heterocycles. The average molecular weight is 323 g/mol. The molecule has 2 aromatic carbocycles. The normalized spacial score (nSPS) is 16.8. The summed E-state index contributed by atoms with van der Waals surface area (Å²) >= 11 is 0. The Morgan fingerprint density at radius 3 is 2.58 bits per heavy atom. The zero-order valence-electron chi connectivity index (χ0n) is 14.8. The Hall–Kier alpha value is -2.49. The third-order valence-electron chi connectivity index (χ3n) is 4.50. The van der Waals surface area contributed by atoms with Crippen LogP contribution in [0.2, 0.25) is 0 Å². The van der Waals surface area contributed by atoms with Gasteiger partial charge in [-0.3, -0.25) is 4.79 Å². The van der Waals surface area contributed by atoms with Crippen molar-refractivity contribution in [2.45, 2.75) is 39.3 Å². The third kappa shape index (κ3) is 3.23. The molecule has 0 saturated carbocycles. The molecule has 4 nitrogen and oxygen atoms in total. The summed E-state index contributed by atoms with van der Waals surface area (Å²) in [6, 6.07) is 15.8. The molecule has 24 heavy (non-hydrogen) atoms. The molecule has 0 spiro atoms. The second-order valence-corrected chi connectivity index (χ2v) is 7.13. The third-order valence-corrected chi connectivity index (χ3v) is 4.50. The zero-order chi connectivity index (χ0) is 17.3. The number of nitrogens with one attached hydrogen (secondary N) is 2. The lowest BCUT2D eigenvalue weighted by atomic mass is 9.97. The molecule has 2 aromatic rings. The standard InChI is InChI=1S/C20H25N3O/c1-14-9-5-6-10-16(14)21-19(24)15(2)23-13-20(3,4)22-17-11-7-8-12-18(17)23/h5-12,15,22H,13H2,1-4H3,(H,21,24). The van der Waals surface area contributed by atoms with Gasteiger partial charge in [-0.2, -0.15) is 0 Å². The highest BCUT2D eigenvalue weighted by atomic mass is 16.2. The van der Waals surface area contributed by atoms with E-state index in [0.717, 1.165) is 29.2 Å². The van der Waals surface area contributed by atoms with E-state index in [-0.39, 0.29) is 17.5 Å². The number of fused-ring (bicyclic) bond motifs is 1. The maximum absolute atomic E-state index is 12.8. The molecular formula is C20H25N3O. The van der Waals surface area contributed by atoms with E-state index >= 15 is 0 Å². The van der Waals surface area contributed by atoms with Crippen molar-refractivity contribution in [3.63, 3.8) is 0 Å². The molecule has 2 N–H and O–H groups in total. The predicted octanol–water partition coefficient (Wildman–Crippen LogP) is 4.03. The van der Waals surface area contributed by atoms with E-state index in [2.05, 4.69) is 41.5 Å². The van der Waals surface area contributed by atoms with Crippen molar-refractivity contribution < 1.29 is 4.79 Å². The summed E-state index contributed by atoms with van der Waals surface area (Å²) in [5, 5.41) is 6.61. The highest BCUT2D eigenvalue weighted by Crippen LogP contribution is 2.35. The van der Waals surface area contributed by atoms with E-state index in [9.17, 15) is 4.79 Å². The first-order valence-corrected chi connectivity index (χ1v) is 8.38. The molecule has 1 amide bonds. The van der Waals surface area contributed by atoms with Gasteiger partial charge in [0.15, 0.2) is 0 Å². The largest absolute Gasteiger partial charge is 0.377 e. The van der Waals surface area contributed by atoms with E-state index in [4.69, 9.17) is 0 Å². The smallest absolute Gasteiger partial charge is 0.246 e. The first kappa shape index (κ1) is 16.4. The molecule has 126 valence electrons. The number of amides is 1. The molecule has 1 heterocycles. The predicted molar refractivity (Wildman–Crippen MR) is 101 cm³/mol. The number of anilines is 3. The molecule has 0 aliphatic carbocycles. The maximum Gasteiger partial charge on any atom is 0.246 e. The van der Waals surface area contributed by atoms with Gasteiger partial charge in [0, 0.05) is 17.8 Å². The van der Waals surface area contributed by atoms with Gasteiger partial charge in [0.25, 0.3) is 0 Å². The van der Waals surface area contributed by atoms with Gasteiger partial charge in [0.2, 0.25) is 5.91 Å². The minimum Gasteiger partial charge on any atom is -0.377 e.